The van der Waals surface area contributed by atoms with Crippen molar-refractivity contribution in [2.75, 3.05) is 4.90 Å². The molecule has 1 aliphatic carbocycles. The second kappa shape index (κ2) is 10.4. The van der Waals surface area contributed by atoms with Crippen molar-refractivity contribution in [3.63, 3.8) is 0 Å². The molecule has 1 saturated heterocycles. The quantitative estimate of drug-likeness (QED) is 0.202. The number of hydrogen-bond acceptors (Lipinski definition) is 5. The Kier molecular flexibility index (Phi) is 6.50. The molecule has 0 N–H and O–H groups in total. The van der Waals surface area contributed by atoms with E-state index in [2.05, 4.69) is 24.3 Å². The maximum absolute atomic E-state index is 14.0. The fourth-order valence-electron chi connectivity index (χ4n) is 6.57. The zero-order valence-electron chi connectivity index (χ0n) is 24.3. The number of carbonyl (C=O) groups is 2. The van der Waals surface area contributed by atoms with Crippen LogP contribution in [0.3, 0.4) is 0 Å². The number of aromatic nitrogens is 3. The lowest BCUT2D eigenvalue weighted by atomic mass is 9.59. The minimum absolute atomic E-state index is 0.0890. The third-order valence-corrected chi connectivity index (χ3v) is 9.50. The first-order chi connectivity index (χ1) is 20.9. The Morgan fingerprint density at radius 1 is 0.488 bits per heavy atom. The minimum Gasteiger partial charge on any atom is -0.273 e. The molecule has 2 atom stereocenters. The van der Waals surface area contributed by atoms with Gasteiger partial charge in [0.05, 0.1) is 10.8 Å². The molecule has 4 aromatic carbocycles. The number of nitrogens with zero attached hydrogens (tertiary/aromatic N) is 4. The molecule has 2 unspecified atom stereocenters. The first kappa shape index (κ1) is 26.9. The maximum Gasteiger partial charge on any atom is 0.243 e. The van der Waals surface area contributed by atoms with E-state index in [0.717, 1.165) is 46.2 Å². The van der Waals surface area contributed by atoms with Crippen molar-refractivity contribution >= 4 is 17.8 Å². The van der Waals surface area contributed by atoms with Gasteiger partial charge in [-0.25, -0.2) is 9.88 Å². The van der Waals surface area contributed by atoms with Crippen LogP contribution in [0.15, 0.2) is 109 Å². The molecular formula is C37H32N4O2. The van der Waals surface area contributed by atoms with Gasteiger partial charge in [-0.2, -0.15) is 9.97 Å². The van der Waals surface area contributed by atoms with Crippen LogP contribution >= 0.6 is 0 Å². The highest BCUT2D eigenvalue weighted by molar-refractivity contribution is 6.24. The van der Waals surface area contributed by atoms with Gasteiger partial charge in [0, 0.05) is 11.1 Å². The van der Waals surface area contributed by atoms with Crippen molar-refractivity contribution in [2.24, 2.45) is 10.8 Å². The molecule has 1 saturated carbocycles. The number of carbonyl (C=O) groups excluding carboxylic acids is 2. The molecule has 0 bridgehead atoms. The molecular weight excluding hydrogens is 532 g/mol. The fourth-order valence-corrected chi connectivity index (χ4v) is 6.57. The van der Waals surface area contributed by atoms with Gasteiger partial charge in [-0.15, -0.1) is 0 Å². The van der Waals surface area contributed by atoms with Gasteiger partial charge in [-0.05, 0) is 48.9 Å². The average molecular weight is 565 g/mol. The van der Waals surface area contributed by atoms with Crippen LogP contribution in [0.5, 0.6) is 0 Å². The summed E-state index contributed by atoms with van der Waals surface area (Å²) in [5, 5.41) is 0. The van der Waals surface area contributed by atoms with E-state index in [1.54, 1.807) is 0 Å². The lowest BCUT2D eigenvalue weighted by Gasteiger charge is -2.40. The molecule has 212 valence electrons. The summed E-state index contributed by atoms with van der Waals surface area (Å²) in [7, 11) is 0. The summed E-state index contributed by atoms with van der Waals surface area (Å²) in [5.74, 6) is 0.476. The molecule has 6 nitrogen and oxygen atoms in total. The largest absolute Gasteiger partial charge is 0.273 e. The molecule has 7 rings (SSSR count). The topological polar surface area (TPSA) is 76.1 Å². The number of fused-ring (bicyclic) bond motifs is 1. The van der Waals surface area contributed by atoms with E-state index >= 15 is 0 Å². The zero-order valence-corrected chi connectivity index (χ0v) is 24.3. The first-order valence-electron chi connectivity index (χ1n) is 14.8. The highest BCUT2D eigenvalue weighted by Crippen LogP contribution is 2.57. The Bertz CT molecular complexity index is 1690. The monoisotopic (exact) mass is 564 g/mol. The third-order valence-electron chi connectivity index (χ3n) is 9.50. The van der Waals surface area contributed by atoms with E-state index in [0.29, 0.717) is 24.5 Å². The van der Waals surface area contributed by atoms with Crippen LogP contribution in [0.25, 0.3) is 45.0 Å². The molecule has 5 aromatic rings. The second-order valence-electron chi connectivity index (χ2n) is 12.0. The van der Waals surface area contributed by atoms with Crippen molar-refractivity contribution in [3.8, 4) is 45.0 Å². The summed E-state index contributed by atoms with van der Waals surface area (Å²) in [6.45, 7) is 3.86. The van der Waals surface area contributed by atoms with Crippen LogP contribution in [0, 0.1) is 10.8 Å². The number of amides is 2. The van der Waals surface area contributed by atoms with E-state index in [9.17, 15) is 9.59 Å². The predicted molar refractivity (Wildman–Crippen MR) is 169 cm³/mol. The van der Waals surface area contributed by atoms with E-state index in [1.807, 2.05) is 98.8 Å². The maximum atomic E-state index is 14.0. The van der Waals surface area contributed by atoms with Gasteiger partial charge in [-0.3, -0.25) is 9.59 Å². The highest BCUT2D eigenvalue weighted by atomic mass is 16.2. The van der Waals surface area contributed by atoms with Crippen molar-refractivity contribution in [1.82, 2.24) is 15.0 Å². The van der Waals surface area contributed by atoms with Crippen LogP contribution < -0.4 is 4.90 Å². The second-order valence-corrected chi connectivity index (χ2v) is 12.0. The Morgan fingerprint density at radius 2 is 0.837 bits per heavy atom. The summed E-state index contributed by atoms with van der Waals surface area (Å²) >= 11 is 0. The van der Waals surface area contributed by atoms with Crippen molar-refractivity contribution in [3.05, 3.63) is 109 Å². The smallest absolute Gasteiger partial charge is 0.243 e. The Morgan fingerprint density at radius 3 is 1.23 bits per heavy atom. The fraction of sp³-hybridized carbons (Fsp3) is 0.216. The molecule has 1 aromatic heterocycles. The molecule has 2 fully saturated rings. The van der Waals surface area contributed by atoms with E-state index < -0.39 is 10.8 Å². The van der Waals surface area contributed by atoms with Crippen LogP contribution in [-0.2, 0) is 9.59 Å². The highest BCUT2D eigenvalue weighted by Gasteiger charge is 2.65. The van der Waals surface area contributed by atoms with Gasteiger partial charge >= 0.3 is 0 Å². The Hall–Kier alpha value is -4.97. The number of hydrogen-bond donors (Lipinski definition) is 0. The van der Waals surface area contributed by atoms with E-state index in [-0.39, 0.29) is 17.8 Å². The first-order valence-corrected chi connectivity index (χ1v) is 14.8. The number of benzene rings is 4. The normalized spacial score (nSPS) is 21.6. The molecule has 1 aliphatic heterocycles. The van der Waals surface area contributed by atoms with Crippen molar-refractivity contribution in [2.45, 2.75) is 39.5 Å². The number of imide groups is 1. The van der Waals surface area contributed by atoms with Crippen molar-refractivity contribution in [1.29, 1.82) is 0 Å². The number of anilines is 1. The van der Waals surface area contributed by atoms with Gasteiger partial charge in [0.1, 0.15) is 0 Å². The third kappa shape index (κ3) is 4.45. The molecule has 2 heterocycles. The van der Waals surface area contributed by atoms with Crippen LogP contribution in [-0.4, -0.2) is 26.8 Å². The SMILES string of the molecule is CC12CCCCC1(C)C(=O)N(c1nc(-c3ccc(-c4ccccc4)cc3)nc(-c3ccc(-c4ccccc4)cc3)n1)C2=O. The minimum atomic E-state index is -0.774. The van der Waals surface area contributed by atoms with Crippen LogP contribution in [0.1, 0.15) is 39.5 Å². The summed E-state index contributed by atoms with van der Waals surface area (Å²) in [6.07, 6.45) is 3.21. The zero-order chi connectivity index (χ0) is 29.6. The molecule has 43 heavy (non-hydrogen) atoms. The summed E-state index contributed by atoms with van der Waals surface area (Å²) in [6, 6.07) is 36.3. The van der Waals surface area contributed by atoms with Gasteiger partial charge in [0.15, 0.2) is 11.6 Å². The van der Waals surface area contributed by atoms with E-state index in [4.69, 9.17) is 15.0 Å². The summed E-state index contributed by atoms with van der Waals surface area (Å²) in [4.78, 5) is 43.6. The molecule has 2 aliphatic rings. The lowest BCUT2D eigenvalue weighted by molar-refractivity contribution is -0.135. The Balaban J connectivity index is 1.33. The summed E-state index contributed by atoms with van der Waals surface area (Å²) in [5.41, 5.74) is 4.38. The molecule has 0 spiro atoms. The van der Waals surface area contributed by atoms with Gasteiger partial charge in [0.2, 0.25) is 17.8 Å². The Labute approximate surface area is 251 Å². The van der Waals surface area contributed by atoms with Crippen molar-refractivity contribution < 1.29 is 9.59 Å². The standard InChI is InChI=1S/C37H32N4O2/c1-36-23-9-10-24-37(36,2)34(43)41(33(36)42)35-39-31(29-19-15-27(16-20-29)25-11-5-3-6-12-25)38-32(40-35)30-21-17-28(18-22-30)26-13-7-4-8-14-26/h3-8,11-22H,9-10,23-24H2,1-2H3. The van der Waals surface area contributed by atoms with Crippen LogP contribution in [0.2, 0.25) is 0 Å². The van der Waals surface area contributed by atoms with E-state index in [1.165, 1.54) is 4.90 Å². The van der Waals surface area contributed by atoms with Crippen LogP contribution in [0.4, 0.5) is 5.95 Å². The lowest BCUT2D eigenvalue weighted by Crippen LogP contribution is -2.42. The van der Waals surface area contributed by atoms with Gasteiger partial charge in [-0.1, -0.05) is 122 Å². The summed E-state index contributed by atoms with van der Waals surface area (Å²) < 4.78 is 0. The molecule has 2 amide bonds. The van der Waals surface area contributed by atoms with Gasteiger partial charge in [0.25, 0.3) is 0 Å². The average Bonchev–Trinajstić information content (AvgIpc) is 3.22. The molecule has 6 heteroatoms. The molecule has 0 radical (unpaired) electrons. The van der Waals surface area contributed by atoms with Gasteiger partial charge < -0.3 is 0 Å². The number of rotatable bonds is 5. The predicted octanol–water partition coefficient (Wildman–Crippen LogP) is 8.00.